The van der Waals surface area contributed by atoms with Crippen molar-refractivity contribution in [1.82, 2.24) is 19.6 Å². The molecule has 0 radical (unpaired) electrons. The Bertz CT molecular complexity index is 1140. The molecule has 27 heavy (non-hydrogen) atoms. The molecule has 0 spiro atoms. The van der Waals surface area contributed by atoms with Gasteiger partial charge < -0.3 is 5.32 Å². The van der Waals surface area contributed by atoms with Crippen LogP contribution in [0.4, 0.5) is 20.3 Å². The van der Waals surface area contributed by atoms with Gasteiger partial charge in [0, 0.05) is 23.9 Å². The average molecular weight is 365 g/mol. The molecule has 5 nitrogen and oxygen atoms in total. The number of anilines is 2. The van der Waals surface area contributed by atoms with Gasteiger partial charge in [-0.1, -0.05) is 18.2 Å². The first-order chi connectivity index (χ1) is 13.0. The molecule has 0 amide bonds. The summed E-state index contributed by atoms with van der Waals surface area (Å²) in [7, 11) is 0. The Kier molecular flexibility index (Phi) is 4.27. The summed E-state index contributed by atoms with van der Waals surface area (Å²) in [6.07, 6.45) is 0.388. The van der Waals surface area contributed by atoms with E-state index in [0.29, 0.717) is 35.1 Å². The van der Waals surface area contributed by atoms with E-state index in [9.17, 15) is 8.78 Å². The minimum Gasteiger partial charge on any atom is -0.340 e. The Morgan fingerprint density at radius 1 is 1.00 bits per heavy atom. The molecule has 7 heteroatoms. The maximum Gasteiger partial charge on any atom is 0.254 e. The van der Waals surface area contributed by atoms with Crippen LogP contribution >= 0.6 is 0 Å². The fourth-order valence-corrected chi connectivity index (χ4v) is 2.84. The van der Waals surface area contributed by atoms with Crippen LogP contribution in [0.15, 0.2) is 48.5 Å². The number of hydrogen-bond donors (Lipinski definition) is 1. The lowest BCUT2D eigenvalue weighted by Crippen LogP contribution is -2.03. The maximum absolute atomic E-state index is 13.8. The van der Waals surface area contributed by atoms with Crippen molar-refractivity contribution in [3.63, 3.8) is 0 Å². The van der Waals surface area contributed by atoms with Gasteiger partial charge >= 0.3 is 0 Å². The van der Waals surface area contributed by atoms with Gasteiger partial charge in [-0.25, -0.2) is 13.8 Å². The fraction of sp³-hybridized carbons (Fsp3) is 0.150. The Balaban J connectivity index is 1.70. The molecule has 2 aromatic heterocycles. The highest BCUT2D eigenvalue weighted by Crippen LogP contribution is 2.21. The lowest BCUT2D eigenvalue weighted by atomic mass is 10.1. The zero-order valence-corrected chi connectivity index (χ0v) is 14.9. The zero-order chi connectivity index (χ0) is 19.0. The molecule has 4 aromatic rings. The van der Waals surface area contributed by atoms with Crippen LogP contribution in [0.5, 0.6) is 0 Å². The van der Waals surface area contributed by atoms with E-state index in [-0.39, 0.29) is 11.6 Å². The molecule has 0 unspecified atom stereocenters. The van der Waals surface area contributed by atoms with E-state index in [1.807, 2.05) is 19.1 Å². The number of halogens is 2. The Labute approximate surface area is 154 Å². The number of benzene rings is 2. The molecule has 0 bridgehead atoms. The quantitative estimate of drug-likeness (QED) is 0.584. The first-order valence-corrected chi connectivity index (χ1v) is 8.49. The molecule has 0 atom stereocenters. The number of fused-ring (bicyclic) bond motifs is 1. The lowest BCUT2D eigenvalue weighted by molar-refractivity contribution is 0.619. The molecule has 4 rings (SSSR count). The second kappa shape index (κ2) is 6.75. The molecule has 136 valence electrons. The molecule has 0 aliphatic rings. The van der Waals surface area contributed by atoms with E-state index >= 15 is 0 Å². The molecule has 0 saturated heterocycles. The highest BCUT2D eigenvalue weighted by Gasteiger charge is 2.12. The van der Waals surface area contributed by atoms with Crippen LogP contribution in [0.25, 0.3) is 5.78 Å². The monoisotopic (exact) mass is 365 g/mol. The summed E-state index contributed by atoms with van der Waals surface area (Å²) >= 11 is 0. The Morgan fingerprint density at radius 3 is 2.63 bits per heavy atom. The third-order valence-corrected chi connectivity index (χ3v) is 4.18. The number of aromatic nitrogens is 4. The van der Waals surface area contributed by atoms with E-state index in [1.54, 1.807) is 29.6 Å². The summed E-state index contributed by atoms with van der Waals surface area (Å²) in [6, 6.07) is 13.1. The first-order valence-electron chi connectivity index (χ1n) is 8.49. The highest BCUT2D eigenvalue weighted by atomic mass is 19.1. The van der Waals surface area contributed by atoms with Crippen molar-refractivity contribution in [2.75, 3.05) is 5.32 Å². The molecule has 2 heterocycles. The predicted molar refractivity (Wildman–Crippen MR) is 99.1 cm³/mol. The van der Waals surface area contributed by atoms with Crippen molar-refractivity contribution in [2.24, 2.45) is 0 Å². The summed E-state index contributed by atoms with van der Waals surface area (Å²) in [5.74, 6) is 0.994. The zero-order valence-electron chi connectivity index (χ0n) is 14.9. The van der Waals surface area contributed by atoms with Gasteiger partial charge in [0.1, 0.15) is 17.5 Å². The van der Waals surface area contributed by atoms with Gasteiger partial charge in [-0.05, 0) is 49.2 Å². The van der Waals surface area contributed by atoms with Crippen LogP contribution in [0, 0.1) is 25.5 Å². The van der Waals surface area contributed by atoms with E-state index in [4.69, 9.17) is 0 Å². The van der Waals surface area contributed by atoms with E-state index in [1.165, 1.54) is 18.2 Å². The van der Waals surface area contributed by atoms with Crippen molar-refractivity contribution in [3.05, 3.63) is 82.8 Å². The van der Waals surface area contributed by atoms with E-state index in [2.05, 4.69) is 20.4 Å². The second-order valence-electron chi connectivity index (χ2n) is 6.42. The number of nitrogens with one attached hydrogen (secondary N) is 1. The summed E-state index contributed by atoms with van der Waals surface area (Å²) in [6.45, 7) is 3.56. The Morgan fingerprint density at radius 2 is 1.85 bits per heavy atom. The summed E-state index contributed by atoms with van der Waals surface area (Å²) < 4.78 is 28.8. The molecule has 0 saturated carbocycles. The molecular weight excluding hydrogens is 348 g/mol. The summed E-state index contributed by atoms with van der Waals surface area (Å²) in [5, 5.41) is 7.64. The van der Waals surface area contributed by atoms with Gasteiger partial charge in [-0.2, -0.15) is 9.50 Å². The fourth-order valence-electron chi connectivity index (χ4n) is 2.84. The van der Waals surface area contributed by atoms with Gasteiger partial charge in [0.05, 0.1) is 0 Å². The third-order valence-electron chi connectivity index (χ3n) is 4.18. The molecule has 0 fully saturated rings. The number of hydrogen-bond acceptors (Lipinski definition) is 4. The predicted octanol–water partition coefficient (Wildman–Crippen LogP) is 4.35. The highest BCUT2D eigenvalue weighted by molar-refractivity contribution is 5.59. The van der Waals surface area contributed by atoms with E-state index < -0.39 is 0 Å². The molecule has 1 N–H and O–H groups in total. The molecule has 0 aliphatic heterocycles. The summed E-state index contributed by atoms with van der Waals surface area (Å²) in [5.41, 5.74) is 2.71. The standard InChI is InChI=1S/C20H17F2N5/c1-12-6-7-16(11-17(12)22)24-19-8-13(2)23-20-25-18(26-27(19)20)10-14-4-3-5-15(21)9-14/h3-9,11,24H,10H2,1-2H3. The van der Waals surface area contributed by atoms with Gasteiger partial charge in [-0.3, -0.25) is 0 Å². The average Bonchev–Trinajstić information content (AvgIpc) is 3.00. The minimum atomic E-state index is -0.297. The maximum atomic E-state index is 13.8. The van der Waals surface area contributed by atoms with Crippen LogP contribution in [0.2, 0.25) is 0 Å². The Hall–Kier alpha value is -3.35. The first kappa shape index (κ1) is 17.1. The van der Waals surface area contributed by atoms with Crippen LogP contribution in [-0.2, 0) is 6.42 Å². The minimum absolute atomic E-state index is 0.285. The van der Waals surface area contributed by atoms with Crippen LogP contribution in [-0.4, -0.2) is 19.6 Å². The largest absolute Gasteiger partial charge is 0.340 e. The third kappa shape index (κ3) is 3.62. The SMILES string of the molecule is Cc1cc(Nc2ccc(C)c(F)c2)n2nc(Cc3cccc(F)c3)nc2n1. The van der Waals surface area contributed by atoms with Crippen molar-refractivity contribution in [3.8, 4) is 0 Å². The summed E-state index contributed by atoms with van der Waals surface area (Å²) in [4.78, 5) is 8.83. The van der Waals surface area contributed by atoms with Crippen LogP contribution < -0.4 is 5.32 Å². The lowest BCUT2D eigenvalue weighted by Gasteiger charge is -2.09. The van der Waals surface area contributed by atoms with Crippen LogP contribution in [0.1, 0.15) is 22.6 Å². The molecule has 0 aliphatic carbocycles. The normalized spacial score (nSPS) is 11.1. The number of rotatable bonds is 4. The van der Waals surface area contributed by atoms with Crippen LogP contribution in [0.3, 0.4) is 0 Å². The number of nitrogens with zero attached hydrogens (tertiary/aromatic N) is 4. The van der Waals surface area contributed by atoms with Crippen molar-refractivity contribution >= 4 is 17.3 Å². The van der Waals surface area contributed by atoms with Crippen molar-refractivity contribution < 1.29 is 8.78 Å². The van der Waals surface area contributed by atoms with Gasteiger partial charge in [0.15, 0.2) is 5.82 Å². The van der Waals surface area contributed by atoms with Gasteiger partial charge in [0.25, 0.3) is 5.78 Å². The smallest absolute Gasteiger partial charge is 0.254 e. The molecular formula is C20H17F2N5. The van der Waals surface area contributed by atoms with Crippen molar-refractivity contribution in [2.45, 2.75) is 20.3 Å². The molecule has 2 aromatic carbocycles. The van der Waals surface area contributed by atoms with Gasteiger partial charge in [0.2, 0.25) is 0 Å². The van der Waals surface area contributed by atoms with E-state index in [0.717, 1.165) is 11.3 Å². The van der Waals surface area contributed by atoms with Gasteiger partial charge in [-0.15, -0.1) is 5.10 Å². The topological polar surface area (TPSA) is 55.1 Å². The van der Waals surface area contributed by atoms with Crippen molar-refractivity contribution in [1.29, 1.82) is 0 Å². The number of aryl methyl sites for hydroxylation is 2. The second-order valence-corrected chi connectivity index (χ2v) is 6.42.